The zero-order chi connectivity index (χ0) is 12.2. The quantitative estimate of drug-likeness (QED) is 0.778. The van der Waals surface area contributed by atoms with Crippen LogP contribution in [0.2, 0.25) is 0 Å². The molecular formula is C13H21FN2. The summed E-state index contributed by atoms with van der Waals surface area (Å²) in [5.74, 6) is -0.201. The maximum Gasteiger partial charge on any atom is 0.123 e. The van der Waals surface area contributed by atoms with Gasteiger partial charge in [0.1, 0.15) is 5.82 Å². The molecule has 0 bridgehead atoms. The van der Waals surface area contributed by atoms with E-state index in [0.717, 1.165) is 18.7 Å². The smallest absolute Gasteiger partial charge is 0.123 e. The van der Waals surface area contributed by atoms with E-state index in [0.29, 0.717) is 6.42 Å². The van der Waals surface area contributed by atoms with E-state index in [9.17, 15) is 4.39 Å². The third kappa shape index (κ3) is 3.29. The molecule has 0 saturated heterocycles. The van der Waals surface area contributed by atoms with Crippen LogP contribution >= 0.6 is 0 Å². The predicted molar refractivity (Wildman–Crippen MR) is 65.6 cm³/mol. The Hall–Kier alpha value is -0.930. The number of halogens is 1. The topological polar surface area (TPSA) is 29.3 Å². The molecule has 1 atom stereocenters. The summed E-state index contributed by atoms with van der Waals surface area (Å²) in [6, 6.07) is 6.64. The summed E-state index contributed by atoms with van der Waals surface area (Å²) in [6.07, 6.45) is 0.659. The first-order valence-corrected chi connectivity index (χ1v) is 5.78. The van der Waals surface area contributed by atoms with Crippen molar-refractivity contribution in [1.82, 2.24) is 4.90 Å². The maximum atomic E-state index is 13.1. The molecule has 0 fully saturated rings. The SMILES string of the molecule is CCN(CC)C(C)(N)Cc1cccc(F)c1. The number of nitrogens with two attached hydrogens (primary N) is 1. The number of benzene rings is 1. The molecule has 16 heavy (non-hydrogen) atoms. The lowest BCUT2D eigenvalue weighted by atomic mass is 10.0. The number of hydrogen-bond acceptors (Lipinski definition) is 2. The van der Waals surface area contributed by atoms with Crippen LogP contribution in [0.15, 0.2) is 24.3 Å². The number of nitrogens with zero attached hydrogens (tertiary/aromatic N) is 1. The molecule has 3 heteroatoms. The average molecular weight is 224 g/mol. The first kappa shape index (κ1) is 13.1. The van der Waals surface area contributed by atoms with Crippen LogP contribution in [0.1, 0.15) is 26.3 Å². The van der Waals surface area contributed by atoms with Crippen molar-refractivity contribution >= 4 is 0 Å². The van der Waals surface area contributed by atoms with E-state index in [1.807, 2.05) is 13.0 Å². The Morgan fingerprint density at radius 3 is 2.44 bits per heavy atom. The van der Waals surface area contributed by atoms with Crippen LogP contribution in [-0.4, -0.2) is 23.7 Å². The third-order valence-corrected chi connectivity index (χ3v) is 2.94. The third-order valence-electron chi connectivity index (χ3n) is 2.94. The lowest BCUT2D eigenvalue weighted by Gasteiger charge is -2.37. The van der Waals surface area contributed by atoms with Crippen LogP contribution in [0.5, 0.6) is 0 Å². The molecule has 0 aliphatic carbocycles. The zero-order valence-corrected chi connectivity index (χ0v) is 10.3. The molecule has 0 amide bonds. The van der Waals surface area contributed by atoms with Gasteiger partial charge in [-0.3, -0.25) is 4.90 Å². The summed E-state index contributed by atoms with van der Waals surface area (Å²) in [5.41, 5.74) is 6.79. The van der Waals surface area contributed by atoms with Crippen molar-refractivity contribution in [3.05, 3.63) is 35.6 Å². The molecule has 1 aromatic rings. The highest BCUT2D eigenvalue weighted by Gasteiger charge is 2.25. The van der Waals surface area contributed by atoms with Crippen LogP contribution in [0.25, 0.3) is 0 Å². The van der Waals surface area contributed by atoms with Crippen molar-refractivity contribution in [3.8, 4) is 0 Å². The highest BCUT2D eigenvalue weighted by Crippen LogP contribution is 2.16. The monoisotopic (exact) mass is 224 g/mol. The molecule has 0 heterocycles. The van der Waals surface area contributed by atoms with E-state index in [1.54, 1.807) is 12.1 Å². The Kier molecular flexibility index (Phi) is 4.44. The largest absolute Gasteiger partial charge is 0.313 e. The van der Waals surface area contributed by atoms with Gasteiger partial charge in [-0.1, -0.05) is 26.0 Å². The minimum atomic E-state index is -0.419. The van der Waals surface area contributed by atoms with Crippen LogP contribution in [-0.2, 0) is 6.42 Å². The Balaban J connectivity index is 2.79. The molecule has 0 aliphatic rings. The van der Waals surface area contributed by atoms with Crippen molar-refractivity contribution < 1.29 is 4.39 Å². The molecule has 0 saturated carbocycles. The van der Waals surface area contributed by atoms with Crippen LogP contribution < -0.4 is 5.73 Å². The van der Waals surface area contributed by atoms with E-state index < -0.39 is 5.66 Å². The summed E-state index contributed by atoms with van der Waals surface area (Å²) >= 11 is 0. The fourth-order valence-corrected chi connectivity index (χ4v) is 2.12. The van der Waals surface area contributed by atoms with Gasteiger partial charge in [-0.2, -0.15) is 0 Å². The molecule has 1 rings (SSSR count). The van der Waals surface area contributed by atoms with Gasteiger partial charge in [0.15, 0.2) is 0 Å². The maximum absolute atomic E-state index is 13.1. The van der Waals surface area contributed by atoms with Crippen molar-refractivity contribution in [1.29, 1.82) is 0 Å². The minimum absolute atomic E-state index is 0.201. The van der Waals surface area contributed by atoms with Crippen molar-refractivity contribution in [2.45, 2.75) is 32.9 Å². The summed E-state index contributed by atoms with van der Waals surface area (Å²) in [5, 5.41) is 0. The van der Waals surface area contributed by atoms with Crippen LogP contribution in [0.4, 0.5) is 4.39 Å². The van der Waals surface area contributed by atoms with Gasteiger partial charge in [-0.15, -0.1) is 0 Å². The molecule has 1 unspecified atom stereocenters. The summed E-state index contributed by atoms with van der Waals surface area (Å²) in [4.78, 5) is 2.18. The Labute approximate surface area is 97.3 Å². The number of likely N-dealkylation sites (N-methyl/N-ethyl adjacent to an activating group) is 1. The van der Waals surface area contributed by atoms with Gasteiger partial charge >= 0.3 is 0 Å². The molecule has 0 aromatic heterocycles. The van der Waals surface area contributed by atoms with Gasteiger partial charge < -0.3 is 5.73 Å². The van der Waals surface area contributed by atoms with Crippen LogP contribution in [0, 0.1) is 5.82 Å². The molecule has 0 spiro atoms. The van der Waals surface area contributed by atoms with E-state index in [2.05, 4.69) is 18.7 Å². The van der Waals surface area contributed by atoms with E-state index in [-0.39, 0.29) is 5.82 Å². The first-order chi connectivity index (χ1) is 7.49. The molecular weight excluding hydrogens is 203 g/mol. The molecule has 2 nitrogen and oxygen atoms in total. The molecule has 0 radical (unpaired) electrons. The van der Waals surface area contributed by atoms with Gasteiger partial charge in [0, 0.05) is 6.42 Å². The fourth-order valence-electron chi connectivity index (χ4n) is 2.12. The highest BCUT2D eigenvalue weighted by atomic mass is 19.1. The van der Waals surface area contributed by atoms with E-state index >= 15 is 0 Å². The second-order valence-electron chi connectivity index (χ2n) is 4.34. The Morgan fingerprint density at radius 2 is 1.94 bits per heavy atom. The predicted octanol–water partition coefficient (Wildman–Crippen LogP) is 2.38. The molecule has 90 valence electrons. The summed E-state index contributed by atoms with van der Waals surface area (Å²) in [7, 11) is 0. The first-order valence-electron chi connectivity index (χ1n) is 5.78. The van der Waals surface area contributed by atoms with Gasteiger partial charge in [0.05, 0.1) is 5.66 Å². The van der Waals surface area contributed by atoms with E-state index in [1.165, 1.54) is 6.07 Å². The second-order valence-corrected chi connectivity index (χ2v) is 4.34. The standard InChI is InChI=1S/C13H21FN2/c1-4-16(5-2)13(3,15)10-11-7-6-8-12(14)9-11/h6-9H,4-5,10,15H2,1-3H3. The van der Waals surface area contributed by atoms with Gasteiger partial charge in [-0.05, 0) is 37.7 Å². The average Bonchev–Trinajstić information content (AvgIpc) is 2.18. The van der Waals surface area contributed by atoms with Crippen LogP contribution in [0.3, 0.4) is 0 Å². The van der Waals surface area contributed by atoms with Gasteiger partial charge in [0.25, 0.3) is 0 Å². The van der Waals surface area contributed by atoms with Crippen molar-refractivity contribution in [2.75, 3.05) is 13.1 Å². The second kappa shape index (κ2) is 5.41. The molecule has 1 aromatic carbocycles. The lowest BCUT2D eigenvalue weighted by Crippen LogP contribution is -2.55. The van der Waals surface area contributed by atoms with Crippen molar-refractivity contribution in [2.24, 2.45) is 5.73 Å². The highest BCUT2D eigenvalue weighted by molar-refractivity contribution is 5.18. The normalized spacial score (nSPS) is 15.1. The number of rotatable bonds is 5. The molecule has 0 aliphatic heterocycles. The van der Waals surface area contributed by atoms with Gasteiger partial charge in [-0.25, -0.2) is 4.39 Å². The Morgan fingerprint density at radius 1 is 1.31 bits per heavy atom. The molecule has 2 N–H and O–H groups in total. The zero-order valence-electron chi connectivity index (χ0n) is 10.3. The summed E-state index contributed by atoms with van der Waals surface area (Å²) < 4.78 is 13.1. The van der Waals surface area contributed by atoms with E-state index in [4.69, 9.17) is 5.73 Å². The van der Waals surface area contributed by atoms with Crippen molar-refractivity contribution in [3.63, 3.8) is 0 Å². The minimum Gasteiger partial charge on any atom is -0.313 e. The van der Waals surface area contributed by atoms with Gasteiger partial charge in [0.2, 0.25) is 0 Å². The number of hydrogen-bond donors (Lipinski definition) is 1. The Bertz CT molecular complexity index is 332. The lowest BCUT2D eigenvalue weighted by molar-refractivity contribution is 0.123. The summed E-state index contributed by atoms with van der Waals surface area (Å²) in [6.45, 7) is 7.96. The fraction of sp³-hybridized carbons (Fsp3) is 0.538.